The van der Waals surface area contributed by atoms with Crippen molar-refractivity contribution in [2.75, 3.05) is 23.7 Å². The molecule has 0 aromatic heterocycles. The number of hydrogen-bond donors (Lipinski definition) is 1. The molecule has 2 rings (SSSR count). The highest BCUT2D eigenvalue weighted by Gasteiger charge is 2.29. The third-order valence-electron chi connectivity index (χ3n) is 5.37. The molecule has 192 valence electrons. The summed E-state index contributed by atoms with van der Waals surface area (Å²) >= 11 is 12.3. The van der Waals surface area contributed by atoms with Gasteiger partial charge in [0.2, 0.25) is 21.8 Å². The lowest BCUT2D eigenvalue weighted by molar-refractivity contribution is -0.141. The predicted molar refractivity (Wildman–Crippen MR) is 138 cm³/mol. The first-order chi connectivity index (χ1) is 16.5. The Balaban J connectivity index is 2.25. The number of rotatable bonds is 12. The Labute approximate surface area is 216 Å². The Kier molecular flexibility index (Phi) is 10.8. The lowest BCUT2D eigenvalue weighted by Crippen LogP contribution is -2.49. The van der Waals surface area contributed by atoms with E-state index in [9.17, 15) is 22.4 Å². The van der Waals surface area contributed by atoms with Crippen molar-refractivity contribution in [2.45, 2.75) is 45.7 Å². The molecule has 0 saturated heterocycles. The fraction of sp³-hybridized carbons (Fsp3) is 0.417. The van der Waals surface area contributed by atoms with E-state index in [1.165, 1.54) is 29.2 Å². The van der Waals surface area contributed by atoms with E-state index in [4.69, 9.17) is 23.2 Å². The number of para-hydroxylation sites is 1. The SMILES string of the molecule is CCNC(=O)C(CC)N(Cc1ccc(Cl)cc1Cl)C(=O)CCCN(c1ccccc1F)S(C)(=O)=O. The van der Waals surface area contributed by atoms with Gasteiger partial charge in [-0.2, -0.15) is 0 Å². The van der Waals surface area contributed by atoms with E-state index < -0.39 is 21.9 Å². The van der Waals surface area contributed by atoms with Gasteiger partial charge in [-0.25, -0.2) is 12.8 Å². The molecule has 0 aliphatic carbocycles. The van der Waals surface area contributed by atoms with Crippen LogP contribution < -0.4 is 9.62 Å². The number of benzene rings is 2. The third kappa shape index (κ3) is 8.08. The van der Waals surface area contributed by atoms with Gasteiger partial charge in [0.15, 0.2) is 0 Å². The van der Waals surface area contributed by atoms with Crippen LogP contribution in [-0.4, -0.2) is 50.5 Å². The van der Waals surface area contributed by atoms with Crippen LogP contribution in [0.25, 0.3) is 0 Å². The second-order valence-electron chi connectivity index (χ2n) is 7.97. The van der Waals surface area contributed by atoms with Crippen LogP contribution >= 0.6 is 23.2 Å². The molecular weight excluding hydrogens is 516 g/mol. The molecule has 1 unspecified atom stereocenters. The number of carbonyl (C=O) groups excluding carboxylic acids is 2. The lowest BCUT2D eigenvalue weighted by atomic mass is 10.1. The zero-order valence-corrected chi connectivity index (χ0v) is 22.3. The molecule has 0 aliphatic rings. The van der Waals surface area contributed by atoms with E-state index in [1.807, 2.05) is 0 Å². The van der Waals surface area contributed by atoms with E-state index in [0.29, 0.717) is 28.6 Å². The lowest BCUT2D eigenvalue weighted by Gasteiger charge is -2.31. The summed E-state index contributed by atoms with van der Waals surface area (Å²) in [6.07, 6.45) is 1.42. The molecule has 35 heavy (non-hydrogen) atoms. The summed E-state index contributed by atoms with van der Waals surface area (Å²) in [6.45, 7) is 3.97. The summed E-state index contributed by atoms with van der Waals surface area (Å²) in [7, 11) is -3.78. The van der Waals surface area contributed by atoms with Gasteiger partial charge >= 0.3 is 0 Å². The van der Waals surface area contributed by atoms with Crippen molar-refractivity contribution in [1.29, 1.82) is 0 Å². The molecule has 2 aromatic carbocycles. The van der Waals surface area contributed by atoms with E-state index in [-0.39, 0.29) is 43.4 Å². The number of amides is 2. The van der Waals surface area contributed by atoms with Crippen LogP contribution in [0.4, 0.5) is 10.1 Å². The molecule has 0 saturated carbocycles. The van der Waals surface area contributed by atoms with Crippen LogP contribution in [0.3, 0.4) is 0 Å². The number of hydrogen-bond acceptors (Lipinski definition) is 4. The van der Waals surface area contributed by atoms with Crippen LogP contribution in [0.5, 0.6) is 0 Å². The molecule has 7 nitrogen and oxygen atoms in total. The average molecular weight is 546 g/mol. The van der Waals surface area contributed by atoms with Crippen molar-refractivity contribution < 1.29 is 22.4 Å². The third-order valence-corrected chi connectivity index (χ3v) is 7.13. The molecule has 0 spiro atoms. The smallest absolute Gasteiger partial charge is 0.242 e. The van der Waals surface area contributed by atoms with Gasteiger partial charge in [-0.3, -0.25) is 13.9 Å². The Morgan fingerprint density at radius 1 is 1.11 bits per heavy atom. The second-order valence-corrected chi connectivity index (χ2v) is 10.7. The predicted octanol–water partition coefficient (Wildman–Crippen LogP) is 4.62. The minimum Gasteiger partial charge on any atom is -0.355 e. The average Bonchev–Trinajstić information content (AvgIpc) is 2.78. The first-order valence-corrected chi connectivity index (χ1v) is 13.8. The molecule has 0 radical (unpaired) electrons. The number of carbonyl (C=O) groups is 2. The van der Waals surface area contributed by atoms with Gasteiger partial charge in [0, 0.05) is 36.1 Å². The maximum atomic E-state index is 14.3. The second kappa shape index (κ2) is 13.1. The fourth-order valence-electron chi connectivity index (χ4n) is 3.68. The molecule has 1 N–H and O–H groups in total. The monoisotopic (exact) mass is 545 g/mol. The van der Waals surface area contributed by atoms with Gasteiger partial charge in [0.05, 0.1) is 11.9 Å². The molecule has 0 heterocycles. The van der Waals surface area contributed by atoms with Crippen LogP contribution in [0.2, 0.25) is 10.0 Å². The number of nitrogens with one attached hydrogen (secondary N) is 1. The molecular formula is C24H30Cl2FN3O4S. The number of likely N-dealkylation sites (N-methyl/N-ethyl adjacent to an activating group) is 1. The quantitative estimate of drug-likeness (QED) is 0.421. The standard InChI is InChI=1S/C24H30Cl2FN3O4S/c1-4-21(24(32)28-5-2)29(16-17-12-13-18(25)15-19(17)26)23(31)11-8-14-30(35(3,33)34)22-10-7-6-9-20(22)27/h6-7,9-10,12-13,15,21H,4-5,8,11,14,16H2,1-3H3,(H,28,32). The highest BCUT2D eigenvalue weighted by Crippen LogP contribution is 2.25. The van der Waals surface area contributed by atoms with Crippen LogP contribution in [-0.2, 0) is 26.2 Å². The Morgan fingerprint density at radius 2 is 1.80 bits per heavy atom. The van der Waals surface area contributed by atoms with Gasteiger partial charge in [-0.15, -0.1) is 0 Å². The van der Waals surface area contributed by atoms with Gasteiger partial charge in [-0.1, -0.05) is 48.3 Å². The first-order valence-electron chi connectivity index (χ1n) is 11.2. The van der Waals surface area contributed by atoms with Crippen LogP contribution in [0.1, 0.15) is 38.7 Å². The van der Waals surface area contributed by atoms with Crippen LogP contribution in [0, 0.1) is 5.82 Å². The summed E-state index contributed by atoms with van der Waals surface area (Å²) in [5.74, 6) is -1.32. The van der Waals surface area contributed by atoms with Gasteiger partial charge in [0.25, 0.3) is 0 Å². The van der Waals surface area contributed by atoms with Crippen LogP contribution in [0.15, 0.2) is 42.5 Å². The molecule has 11 heteroatoms. The summed E-state index contributed by atoms with van der Waals surface area (Å²) in [4.78, 5) is 27.4. The zero-order chi connectivity index (χ0) is 26.2. The van der Waals surface area contributed by atoms with Gasteiger partial charge < -0.3 is 10.2 Å². The molecule has 1 atom stereocenters. The van der Waals surface area contributed by atoms with E-state index in [0.717, 1.165) is 10.6 Å². The molecule has 0 bridgehead atoms. The minimum absolute atomic E-state index is 0.0540. The van der Waals surface area contributed by atoms with Crippen molar-refractivity contribution in [2.24, 2.45) is 0 Å². The molecule has 0 aliphatic heterocycles. The van der Waals surface area contributed by atoms with E-state index in [1.54, 1.807) is 32.0 Å². The zero-order valence-electron chi connectivity index (χ0n) is 19.9. The van der Waals surface area contributed by atoms with Crippen molar-refractivity contribution >= 4 is 50.7 Å². The van der Waals surface area contributed by atoms with E-state index >= 15 is 0 Å². The summed E-state index contributed by atoms with van der Waals surface area (Å²) in [5, 5.41) is 3.56. The number of halogens is 3. The van der Waals surface area contributed by atoms with Gasteiger partial charge in [0.1, 0.15) is 11.9 Å². The maximum absolute atomic E-state index is 14.3. The maximum Gasteiger partial charge on any atom is 0.242 e. The normalized spacial score (nSPS) is 12.2. The van der Waals surface area contributed by atoms with Crippen molar-refractivity contribution in [3.63, 3.8) is 0 Å². The topological polar surface area (TPSA) is 86.8 Å². The Hall–Kier alpha value is -2.36. The first kappa shape index (κ1) is 28.9. The van der Waals surface area contributed by atoms with E-state index in [2.05, 4.69) is 5.32 Å². The Morgan fingerprint density at radius 3 is 2.37 bits per heavy atom. The molecule has 2 amide bonds. The number of nitrogens with zero attached hydrogens (tertiary/aromatic N) is 2. The largest absolute Gasteiger partial charge is 0.355 e. The number of anilines is 1. The molecule has 2 aromatic rings. The minimum atomic E-state index is -3.78. The highest BCUT2D eigenvalue weighted by molar-refractivity contribution is 7.92. The highest BCUT2D eigenvalue weighted by atomic mass is 35.5. The fourth-order valence-corrected chi connectivity index (χ4v) is 5.12. The number of sulfonamides is 1. The van der Waals surface area contributed by atoms with Crippen molar-refractivity contribution in [3.8, 4) is 0 Å². The van der Waals surface area contributed by atoms with Crippen molar-refractivity contribution in [1.82, 2.24) is 10.2 Å². The Bertz CT molecular complexity index is 1150. The molecule has 0 fully saturated rings. The summed E-state index contributed by atoms with van der Waals surface area (Å²) in [5.41, 5.74) is 0.539. The summed E-state index contributed by atoms with van der Waals surface area (Å²) < 4.78 is 39.8. The summed E-state index contributed by atoms with van der Waals surface area (Å²) in [6, 6.07) is 9.71. The van der Waals surface area contributed by atoms with Gasteiger partial charge in [-0.05, 0) is 49.6 Å². The van der Waals surface area contributed by atoms with Crippen molar-refractivity contribution in [3.05, 3.63) is 63.9 Å².